The number of halogens is 4. The van der Waals surface area contributed by atoms with Crippen molar-refractivity contribution in [1.29, 1.82) is 0 Å². The minimum absolute atomic E-state index is 0.262. The standard InChI is InChI=1S/C11H7Cl3FNS/c12-6-1-8(17-5-6)4-16-11-9(13)2-7(15)3-10(11)14/h1-3,5,16H,4H2. The van der Waals surface area contributed by atoms with Crippen molar-refractivity contribution in [3.8, 4) is 0 Å². The van der Waals surface area contributed by atoms with Gasteiger partial charge in [0.15, 0.2) is 0 Å². The molecular formula is C11H7Cl3FNS. The van der Waals surface area contributed by atoms with Crippen LogP contribution in [0.1, 0.15) is 4.88 Å². The van der Waals surface area contributed by atoms with Crippen molar-refractivity contribution in [2.75, 3.05) is 5.32 Å². The first-order valence-electron chi connectivity index (χ1n) is 4.67. The van der Waals surface area contributed by atoms with E-state index in [4.69, 9.17) is 34.8 Å². The summed E-state index contributed by atoms with van der Waals surface area (Å²) in [4.78, 5) is 1.05. The summed E-state index contributed by atoms with van der Waals surface area (Å²) < 4.78 is 13.0. The van der Waals surface area contributed by atoms with Gasteiger partial charge in [-0.15, -0.1) is 11.3 Å². The number of benzene rings is 1. The van der Waals surface area contributed by atoms with E-state index in [1.165, 1.54) is 23.5 Å². The highest BCUT2D eigenvalue weighted by Gasteiger charge is 2.08. The van der Waals surface area contributed by atoms with E-state index in [0.717, 1.165) is 4.88 Å². The first kappa shape index (κ1) is 13.0. The van der Waals surface area contributed by atoms with E-state index in [2.05, 4.69) is 5.32 Å². The molecule has 0 aliphatic carbocycles. The molecule has 1 aromatic heterocycles. The fourth-order valence-electron chi connectivity index (χ4n) is 1.33. The third-order valence-corrected chi connectivity index (χ3v) is 3.95. The predicted molar refractivity (Wildman–Crippen MR) is 73.1 cm³/mol. The second kappa shape index (κ2) is 5.44. The maximum Gasteiger partial charge on any atom is 0.126 e. The molecule has 0 aliphatic heterocycles. The van der Waals surface area contributed by atoms with Crippen LogP contribution >= 0.6 is 46.1 Å². The first-order chi connectivity index (χ1) is 8.06. The highest BCUT2D eigenvalue weighted by Crippen LogP contribution is 2.32. The second-order valence-corrected chi connectivity index (χ2v) is 5.58. The quantitative estimate of drug-likeness (QED) is 0.794. The Kier molecular flexibility index (Phi) is 4.15. The zero-order valence-electron chi connectivity index (χ0n) is 8.44. The molecule has 0 amide bonds. The third-order valence-electron chi connectivity index (χ3n) is 2.07. The molecule has 17 heavy (non-hydrogen) atoms. The number of hydrogen-bond acceptors (Lipinski definition) is 2. The molecule has 6 heteroatoms. The fraction of sp³-hybridized carbons (Fsp3) is 0.0909. The molecule has 0 atom stereocenters. The summed E-state index contributed by atoms with van der Waals surface area (Å²) >= 11 is 19.1. The smallest absolute Gasteiger partial charge is 0.126 e. The van der Waals surface area contributed by atoms with Gasteiger partial charge in [-0.25, -0.2) is 4.39 Å². The molecule has 1 heterocycles. The molecule has 0 fully saturated rings. The molecule has 1 aromatic carbocycles. The fourth-order valence-corrected chi connectivity index (χ4v) is 2.94. The van der Waals surface area contributed by atoms with Gasteiger partial charge in [-0.05, 0) is 18.2 Å². The molecule has 0 spiro atoms. The lowest BCUT2D eigenvalue weighted by Gasteiger charge is -2.09. The van der Waals surface area contributed by atoms with Crippen LogP contribution in [-0.2, 0) is 6.54 Å². The molecule has 0 radical (unpaired) electrons. The summed E-state index contributed by atoms with van der Waals surface area (Å²) in [6.45, 7) is 0.544. The summed E-state index contributed by atoms with van der Waals surface area (Å²) in [5.74, 6) is -0.454. The maximum absolute atomic E-state index is 13.0. The highest BCUT2D eigenvalue weighted by molar-refractivity contribution is 7.10. The van der Waals surface area contributed by atoms with E-state index in [1.807, 2.05) is 11.4 Å². The Morgan fingerprint density at radius 1 is 1.12 bits per heavy atom. The molecule has 1 nitrogen and oxygen atoms in total. The van der Waals surface area contributed by atoms with Crippen molar-refractivity contribution in [2.24, 2.45) is 0 Å². The first-order valence-corrected chi connectivity index (χ1v) is 6.69. The van der Waals surface area contributed by atoms with E-state index >= 15 is 0 Å². The topological polar surface area (TPSA) is 12.0 Å². The van der Waals surface area contributed by atoms with Crippen LogP contribution < -0.4 is 5.32 Å². The largest absolute Gasteiger partial charge is 0.378 e. The third kappa shape index (κ3) is 3.26. The Morgan fingerprint density at radius 2 is 1.76 bits per heavy atom. The molecular weight excluding hydrogens is 304 g/mol. The van der Waals surface area contributed by atoms with Gasteiger partial charge in [-0.1, -0.05) is 34.8 Å². The Balaban J connectivity index is 2.14. The number of rotatable bonds is 3. The lowest BCUT2D eigenvalue weighted by Crippen LogP contribution is -1.99. The van der Waals surface area contributed by atoms with Gasteiger partial charge >= 0.3 is 0 Å². The lowest BCUT2D eigenvalue weighted by atomic mass is 10.3. The minimum atomic E-state index is -0.454. The average Bonchev–Trinajstić information content (AvgIpc) is 2.62. The summed E-state index contributed by atoms with van der Waals surface area (Å²) in [5.41, 5.74) is 0.527. The Morgan fingerprint density at radius 3 is 2.29 bits per heavy atom. The van der Waals surface area contributed by atoms with Crippen LogP contribution in [-0.4, -0.2) is 0 Å². The molecule has 90 valence electrons. The van der Waals surface area contributed by atoms with Gasteiger partial charge in [0.25, 0.3) is 0 Å². The molecule has 0 unspecified atom stereocenters. The van der Waals surface area contributed by atoms with Gasteiger partial charge in [-0.2, -0.15) is 0 Å². The van der Waals surface area contributed by atoms with Crippen LogP contribution in [0, 0.1) is 5.82 Å². The van der Waals surface area contributed by atoms with Crippen molar-refractivity contribution in [2.45, 2.75) is 6.54 Å². The van der Waals surface area contributed by atoms with E-state index in [0.29, 0.717) is 17.3 Å². The van der Waals surface area contributed by atoms with Gasteiger partial charge in [-0.3, -0.25) is 0 Å². The van der Waals surface area contributed by atoms with Crippen molar-refractivity contribution in [3.05, 3.63) is 49.3 Å². The predicted octanol–water partition coefficient (Wildman–Crippen LogP) is 5.46. The zero-order valence-corrected chi connectivity index (χ0v) is 11.5. The SMILES string of the molecule is Fc1cc(Cl)c(NCc2cc(Cl)cs2)c(Cl)c1. The Bertz CT molecular complexity index is 518. The molecule has 0 saturated heterocycles. The van der Waals surface area contributed by atoms with Gasteiger partial charge in [0, 0.05) is 16.8 Å². The van der Waals surface area contributed by atoms with Crippen LogP contribution in [0.5, 0.6) is 0 Å². The van der Waals surface area contributed by atoms with E-state index < -0.39 is 5.82 Å². The van der Waals surface area contributed by atoms with Crippen molar-refractivity contribution < 1.29 is 4.39 Å². The van der Waals surface area contributed by atoms with Gasteiger partial charge < -0.3 is 5.32 Å². The van der Waals surface area contributed by atoms with Crippen LogP contribution in [0.4, 0.5) is 10.1 Å². The van der Waals surface area contributed by atoms with Crippen molar-refractivity contribution in [3.63, 3.8) is 0 Å². The summed E-state index contributed by atoms with van der Waals surface area (Å²) in [5, 5.41) is 6.12. The highest BCUT2D eigenvalue weighted by atomic mass is 35.5. The Hall–Kier alpha value is -0.480. The summed E-state index contributed by atoms with van der Waals surface area (Å²) in [6.07, 6.45) is 0. The monoisotopic (exact) mass is 309 g/mol. The minimum Gasteiger partial charge on any atom is -0.378 e. The Labute approximate surface area is 117 Å². The average molecular weight is 311 g/mol. The maximum atomic E-state index is 13.0. The van der Waals surface area contributed by atoms with Crippen LogP contribution in [0.3, 0.4) is 0 Å². The number of hydrogen-bond donors (Lipinski definition) is 1. The molecule has 2 rings (SSSR count). The summed E-state index contributed by atoms with van der Waals surface area (Å²) in [6, 6.07) is 4.29. The molecule has 2 aromatic rings. The lowest BCUT2D eigenvalue weighted by molar-refractivity contribution is 0.628. The van der Waals surface area contributed by atoms with Gasteiger partial charge in [0.05, 0.1) is 20.8 Å². The number of anilines is 1. The molecule has 0 bridgehead atoms. The van der Waals surface area contributed by atoms with E-state index in [9.17, 15) is 4.39 Å². The van der Waals surface area contributed by atoms with Crippen molar-refractivity contribution >= 4 is 51.8 Å². The van der Waals surface area contributed by atoms with Gasteiger partial charge in [0.1, 0.15) is 5.82 Å². The number of thiophene rings is 1. The number of nitrogens with one attached hydrogen (secondary N) is 1. The van der Waals surface area contributed by atoms with Gasteiger partial charge in [0.2, 0.25) is 0 Å². The normalized spacial score (nSPS) is 10.6. The van der Waals surface area contributed by atoms with Crippen LogP contribution in [0.2, 0.25) is 15.1 Å². The van der Waals surface area contributed by atoms with Crippen molar-refractivity contribution in [1.82, 2.24) is 0 Å². The molecule has 0 saturated carbocycles. The summed E-state index contributed by atoms with van der Waals surface area (Å²) in [7, 11) is 0. The molecule has 0 aliphatic rings. The second-order valence-electron chi connectivity index (χ2n) is 3.33. The van der Waals surface area contributed by atoms with Crippen LogP contribution in [0.15, 0.2) is 23.6 Å². The van der Waals surface area contributed by atoms with E-state index in [1.54, 1.807) is 0 Å². The van der Waals surface area contributed by atoms with E-state index in [-0.39, 0.29) is 10.0 Å². The van der Waals surface area contributed by atoms with Crippen LogP contribution in [0.25, 0.3) is 0 Å². The zero-order chi connectivity index (χ0) is 12.4. The molecule has 1 N–H and O–H groups in total.